The first-order chi connectivity index (χ1) is 15.1. The highest BCUT2D eigenvalue weighted by Gasteiger charge is 2.17. The molecule has 154 valence electrons. The van der Waals surface area contributed by atoms with Crippen LogP contribution in [0.3, 0.4) is 0 Å². The number of benzene rings is 3. The Bertz CT molecular complexity index is 1500. The first kappa shape index (κ1) is 19.0. The Kier molecular flexibility index (Phi) is 4.71. The second-order valence-electron chi connectivity index (χ2n) is 7.41. The summed E-state index contributed by atoms with van der Waals surface area (Å²) in [4.78, 5) is 26.5. The van der Waals surface area contributed by atoms with Crippen molar-refractivity contribution in [3.63, 3.8) is 0 Å². The van der Waals surface area contributed by atoms with Gasteiger partial charge in [-0.2, -0.15) is 0 Å². The summed E-state index contributed by atoms with van der Waals surface area (Å²) in [6.45, 7) is 0.576. The Morgan fingerprint density at radius 2 is 1.52 bits per heavy atom. The summed E-state index contributed by atoms with van der Waals surface area (Å²) in [5.74, 6) is -0.0430. The lowest BCUT2D eigenvalue weighted by Crippen LogP contribution is -2.27. The van der Waals surface area contributed by atoms with Crippen LogP contribution in [0.15, 0.2) is 88.5 Å². The van der Waals surface area contributed by atoms with E-state index in [1.165, 1.54) is 21.2 Å². The summed E-state index contributed by atoms with van der Waals surface area (Å²) < 4.78 is 17.6. The van der Waals surface area contributed by atoms with Gasteiger partial charge < -0.3 is 0 Å². The van der Waals surface area contributed by atoms with Crippen LogP contribution in [-0.4, -0.2) is 18.7 Å². The van der Waals surface area contributed by atoms with Gasteiger partial charge >= 0.3 is 5.69 Å². The fourth-order valence-electron chi connectivity index (χ4n) is 3.82. The third-order valence-electron chi connectivity index (χ3n) is 5.40. The van der Waals surface area contributed by atoms with Gasteiger partial charge in [-0.25, -0.2) is 18.3 Å². The monoisotopic (exact) mass is 414 g/mol. The molecule has 0 aliphatic heterocycles. The lowest BCUT2D eigenvalue weighted by Gasteiger charge is -2.09. The molecule has 0 N–H and O–H groups in total. The summed E-state index contributed by atoms with van der Waals surface area (Å²) in [5, 5.41) is 4.95. The van der Waals surface area contributed by atoms with E-state index < -0.39 is 0 Å². The maximum absolute atomic E-state index is 13.2. The van der Waals surface area contributed by atoms with E-state index in [1.807, 2.05) is 30.3 Å². The smallest absolute Gasteiger partial charge is 0.276 e. The Morgan fingerprint density at radius 3 is 2.29 bits per heavy atom. The van der Waals surface area contributed by atoms with E-state index in [0.717, 1.165) is 11.1 Å². The Hall–Kier alpha value is -4.00. The van der Waals surface area contributed by atoms with Crippen LogP contribution in [0.2, 0.25) is 0 Å². The molecule has 7 heteroatoms. The lowest BCUT2D eigenvalue weighted by atomic mass is 10.1. The minimum atomic E-state index is -0.344. The van der Waals surface area contributed by atoms with Crippen molar-refractivity contribution in [2.24, 2.45) is 0 Å². The molecule has 0 saturated heterocycles. The number of para-hydroxylation sites is 1. The van der Waals surface area contributed by atoms with Gasteiger partial charge in [-0.15, -0.1) is 5.10 Å². The second kappa shape index (κ2) is 7.68. The molecule has 0 bridgehead atoms. The molecule has 2 heterocycles. The first-order valence-electron chi connectivity index (χ1n) is 10.0. The minimum absolute atomic E-state index is 0.182. The molecule has 0 amide bonds. The number of hydrogen-bond acceptors (Lipinski definition) is 3. The number of nitrogens with zero attached hydrogens (tertiary/aromatic N) is 4. The molecule has 0 aliphatic carbocycles. The van der Waals surface area contributed by atoms with Crippen molar-refractivity contribution >= 4 is 16.7 Å². The third-order valence-corrected chi connectivity index (χ3v) is 5.40. The van der Waals surface area contributed by atoms with E-state index in [9.17, 15) is 14.0 Å². The highest BCUT2D eigenvalue weighted by molar-refractivity contribution is 5.80. The van der Waals surface area contributed by atoms with Crippen LogP contribution in [0.4, 0.5) is 4.39 Å². The molecule has 5 rings (SSSR count). The molecule has 0 saturated carbocycles. The van der Waals surface area contributed by atoms with Gasteiger partial charge in [0.1, 0.15) is 5.82 Å². The normalized spacial score (nSPS) is 11.4. The number of fused-ring (bicyclic) bond motifs is 3. The second-order valence-corrected chi connectivity index (χ2v) is 7.41. The predicted molar refractivity (Wildman–Crippen MR) is 117 cm³/mol. The average Bonchev–Trinajstić information content (AvgIpc) is 3.12. The van der Waals surface area contributed by atoms with Crippen molar-refractivity contribution < 1.29 is 4.39 Å². The van der Waals surface area contributed by atoms with E-state index in [2.05, 4.69) is 5.10 Å². The number of aryl methyl sites for hydroxylation is 2. The Balaban J connectivity index is 1.67. The molecule has 5 aromatic rings. The molecule has 2 aromatic heterocycles. The molecule has 0 fully saturated rings. The van der Waals surface area contributed by atoms with Crippen LogP contribution in [0.5, 0.6) is 0 Å². The van der Waals surface area contributed by atoms with E-state index in [4.69, 9.17) is 0 Å². The number of rotatable bonds is 5. The Labute approximate surface area is 176 Å². The fourth-order valence-corrected chi connectivity index (χ4v) is 3.82. The van der Waals surface area contributed by atoms with Crippen LogP contribution in [-0.2, 0) is 19.5 Å². The van der Waals surface area contributed by atoms with Gasteiger partial charge in [0.15, 0.2) is 0 Å². The van der Waals surface area contributed by atoms with Crippen LogP contribution >= 0.6 is 0 Å². The topological polar surface area (TPSA) is 61.3 Å². The summed E-state index contributed by atoms with van der Waals surface area (Å²) in [6.07, 6.45) is 0.633. The zero-order valence-electron chi connectivity index (χ0n) is 16.6. The summed E-state index contributed by atoms with van der Waals surface area (Å²) in [7, 11) is 0. The summed E-state index contributed by atoms with van der Waals surface area (Å²) in [6, 6.07) is 22.8. The van der Waals surface area contributed by atoms with Crippen molar-refractivity contribution in [1.29, 1.82) is 0 Å². The zero-order chi connectivity index (χ0) is 21.4. The molecule has 0 spiro atoms. The molecule has 0 aliphatic rings. The lowest BCUT2D eigenvalue weighted by molar-refractivity contribution is 0.621. The standard InChI is InChI=1S/C24H19FN4O2/c25-19-12-10-18(11-13-19)16-28-24(31)29-21-9-5-4-8-20(21)22(30)27(23(29)26-28)15-14-17-6-2-1-3-7-17/h1-13H,14-16H2. The zero-order valence-corrected chi connectivity index (χ0v) is 16.6. The van der Waals surface area contributed by atoms with E-state index in [0.29, 0.717) is 29.6 Å². The van der Waals surface area contributed by atoms with Gasteiger partial charge in [0, 0.05) is 6.54 Å². The van der Waals surface area contributed by atoms with Crippen molar-refractivity contribution in [3.8, 4) is 0 Å². The molecule has 3 aromatic carbocycles. The van der Waals surface area contributed by atoms with Crippen molar-refractivity contribution in [2.45, 2.75) is 19.5 Å². The van der Waals surface area contributed by atoms with Crippen molar-refractivity contribution in [3.05, 3.63) is 117 Å². The number of aromatic nitrogens is 4. The highest BCUT2D eigenvalue weighted by Crippen LogP contribution is 2.12. The predicted octanol–water partition coefficient (Wildman–Crippen LogP) is 3.24. The maximum atomic E-state index is 13.2. The highest BCUT2D eigenvalue weighted by atomic mass is 19.1. The number of halogens is 1. The van der Waals surface area contributed by atoms with Crippen LogP contribution in [0.1, 0.15) is 11.1 Å². The average molecular weight is 414 g/mol. The third kappa shape index (κ3) is 3.44. The van der Waals surface area contributed by atoms with Crippen molar-refractivity contribution in [2.75, 3.05) is 0 Å². The largest absolute Gasteiger partial charge is 0.352 e. The van der Waals surface area contributed by atoms with Gasteiger partial charge in [-0.05, 0) is 41.8 Å². The van der Waals surface area contributed by atoms with Crippen LogP contribution in [0.25, 0.3) is 16.7 Å². The van der Waals surface area contributed by atoms with Crippen molar-refractivity contribution in [1.82, 2.24) is 18.7 Å². The SMILES string of the molecule is O=c1c2ccccc2n2c(=O)n(Cc3ccc(F)cc3)nc2n1CCc1ccccc1. The van der Waals surface area contributed by atoms with Gasteiger partial charge in [0.2, 0.25) is 5.78 Å². The van der Waals surface area contributed by atoms with Crippen LogP contribution < -0.4 is 11.2 Å². The minimum Gasteiger partial charge on any atom is -0.276 e. The summed E-state index contributed by atoms with van der Waals surface area (Å²) in [5.41, 5.74) is 1.83. The molecule has 0 atom stereocenters. The first-order valence-corrected chi connectivity index (χ1v) is 10.0. The van der Waals surface area contributed by atoms with E-state index in [1.54, 1.807) is 41.0 Å². The molecular weight excluding hydrogens is 395 g/mol. The van der Waals surface area contributed by atoms with Crippen LogP contribution in [0, 0.1) is 5.82 Å². The van der Waals surface area contributed by atoms with Gasteiger partial charge in [0.25, 0.3) is 5.56 Å². The van der Waals surface area contributed by atoms with Gasteiger partial charge in [0.05, 0.1) is 17.4 Å². The molecule has 0 unspecified atom stereocenters. The molecular formula is C24H19FN4O2. The maximum Gasteiger partial charge on any atom is 0.352 e. The number of hydrogen-bond donors (Lipinski definition) is 0. The molecule has 31 heavy (non-hydrogen) atoms. The van der Waals surface area contributed by atoms with E-state index >= 15 is 0 Å². The molecule has 0 radical (unpaired) electrons. The quantitative estimate of drug-likeness (QED) is 0.444. The molecule has 6 nitrogen and oxygen atoms in total. The Morgan fingerprint density at radius 1 is 0.806 bits per heavy atom. The fraction of sp³-hybridized carbons (Fsp3) is 0.125. The summed E-state index contributed by atoms with van der Waals surface area (Å²) >= 11 is 0. The van der Waals surface area contributed by atoms with E-state index in [-0.39, 0.29) is 23.6 Å². The van der Waals surface area contributed by atoms with Gasteiger partial charge in [-0.1, -0.05) is 54.6 Å². The van der Waals surface area contributed by atoms with Gasteiger partial charge in [-0.3, -0.25) is 9.36 Å².